The highest BCUT2D eigenvalue weighted by Crippen LogP contribution is 2.35. The Morgan fingerprint density at radius 2 is 1.83 bits per heavy atom. The van der Waals surface area contributed by atoms with Crippen molar-refractivity contribution in [3.05, 3.63) is 39.2 Å². The molecule has 0 bridgehead atoms. The number of carbonyl (C=O) groups is 1. The molecule has 1 aliphatic carbocycles. The lowest BCUT2D eigenvalue weighted by molar-refractivity contribution is -0.787. The summed E-state index contributed by atoms with van der Waals surface area (Å²) >= 11 is 0. The molecule has 1 aliphatic heterocycles. The molecule has 0 atom stereocenters. The van der Waals surface area contributed by atoms with Gasteiger partial charge < -0.3 is 19.8 Å². The van der Waals surface area contributed by atoms with Gasteiger partial charge in [-0.25, -0.2) is 4.79 Å². The lowest BCUT2D eigenvalue weighted by atomic mass is 9.79. The van der Waals surface area contributed by atoms with Crippen LogP contribution in [-0.2, 0) is 17.6 Å². The number of quaternary nitrogens is 1. The number of benzene rings is 1. The molecule has 3 N–H and O–H groups in total. The van der Waals surface area contributed by atoms with Gasteiger partial charge in [-0.1, -0.05) is 0 Å². The van der Waals surface area contributed by atoms with Crippen LogP contribution in [0.4, 0.5) is 0 Å². The highest BCUT2D eigenvalue weighted by Gasteiger charge is 2.42. The third-order valence-electron chi connectivity index (χ3n) is 6.23. The highest BCUT2D eigenvalue weighted by molar-refractivity contribution is 5.89. The lowest BCUT2D eigenvalue weighted by Gasteiger charge is -2.43. The Balaban J connectivity index is 1.52. The SMILES string of the molecule is Cc1cc(OCC(=O)NC2CC(C)(C)[NH2+]C(C)(C)C2)c2c3c(c(=O)oc2c1)CCC3. The van der Waals surface area contributed by atoms with Crippen molar-refractivity contribution in [1.29, 1.82) is 0 Å². The molecule has 0 radical (unpaired) electrons. The van der Waals surface area contributed by atoms with Gasteiger partial charge in [-0.15, -0.1) is 0 Å². The van der Waals surface area contributed by atoms with Crippen LogP contribution in [0.2, 0.25) is 0 Å². The van der Waals surface area contributed by atoms with E-state index in [1.165, 1.54) is 0 Å². The van der Waals surface area contributed by atoms with Gasteiger partial charge in [-0.2, -0.15) is 0 Å². The molecular weight excluding hydrogens is 380 g/mol. The van der Waals surface area contributed by atoms with Crippen molar-refractivity contribution in [3.8, 4) is 5.75 Å². The van der Waals surface area contributed by atoms with E-state index in [-0.39, 0.29) is 35.3 Å². The summed E-state index contributed by atoms with van der Waals surface area (Å²) in [7, 11) is 0. The van der Waals surface area contributed by atoms with Crippen LogP contribution in [0.5, 0.6) is 5.75 Å². The second kappa shape index (κ2) is 7.41. The van der Waals surface area contributed by atoms with E-state index < -0.39 is 0 Å². The minimum Gasteiger partial charge on any atom is -0.483 e. The molecule has 0 saturated carbocycles. The van der Waals surface area contributed by atoms with E-state index in [1.807, 2.05) is 19.1 Å². The molecule has 1 fully saturated rings. The number of aryl methyl sites for hydroxylation is 2. The Kier molecular flexibility index (Phi) is 5.17. The molecule has 0 spiro atoms. The number of hydrogen-bond acceptors (Lipinski definition) is 4. The molecule has 0 unspecified atom stereocenters. The topological polar surface area (TPSA) is 85.1 Å². The lowest BCUT2D eigenvalue weighted by Crippen LogP contribution is -3.06. The van der Waals surface area contributed by atoms with Crippen LogP contribution >= 0.6 is 0 Å². The number of nitrogens with two attached hydrogens (primary N) is 1. The Bertz CT molecular complexity index is 1040. The molecule has 1 amide bonds. The van der Waals surface area contributed by atoms with Crippen molar-refractivity contribution in [2.45, 2.75) is 83.8 Å². The summed E-state index contributed by atoms with van der Waals surface area (Å²) in [5, 5.41) is 6.40. The van der Waals surface area contributed by atoms with Crippen molar-refractivity contribution in [2.75, 3.05) is 6.61 Å². The van der Waals surface area contributed by atoms with Crippen molar-refractivity contribution in [2.24, 2.45) is 0 Å². The van der Waals surface area contributed by atoms with Crippen molar-refractivity contribution in [1.82, 2.24) is 5.32 Å². The number of carbonyl (C=O) groups excluding carboxylic acids is 1. The summed E-state index contributed by atoms with van der Waals surface area (Å²) in [6.07, 6.45) is 4.37. The maximum Gasteiger partial charge on any atom is 0.339 e. The predicted octanol–water partition coefficient (Wildman–Crippen LogP) is 2.37. The van der Waals surface area contributed by atoms with Crippen LogP contribution < -0.4 is 21.0 Å². The van der Waals surface area contributed by atoms with E-state index in [4.69, 9.17) is 9.15 Å². The van der Waals surface area contributed by atoms with Gasteiger partial charge in [0.05, 0.1) is 16.5 Å². The van der Waals surface area contributed by atoms with Crippen molar-refractivity contribution in [3.63, 3.8) is 0 Å². The van der Waals surface area contributed by atoms with E-state index in [9.17, 15) is 9.59 Å². The first-order valence-electron chi connectivity index (χ1n) is 10.9. The molecular formula is C24H33N2O4+. The van der Waals surface area contributed by atoms with Gasteiger partial charge in [0.1, 0.15) is 11.3 Å². The minimum absolute atomic E-state index is 0.0481. The van der Waals surface area contributed by atoms with Gasteiger partial charge in [-0.3, -0.25) is 4.79 Å². The van der Waals surface area contributed by atoms with E-state index >= 15 is 0 Å². The zero-order valence-electron chi connectivity index (χ0n) is 18.7. The first-order chi connectivity index (χ1) is 14.0. The molecule has 2 heterocycles. The first-order valence-corrected chi connectivity index (χ1v) is 10.9. The number of ether oxygens (including phenoxy) is 1. The molecule has 2 aromatic rings. The minimum atomic E-state index is -0.247. The van der Waals surface area contributed by atoms with Gasteiger partial charge in [0, 0.05) is 24.4 Å². The molecule has 1 aromatic carbocycles. The van der Waals surface area contributed by atoms with E-state index in [0.29, 0.717) is 11.3 Å². The average molecular weight is 414 g/mol. The predicted molar refractivity (Wildman–Crippen MR) is 116 cm³/mol. The zero-order valence-corrected chi connectivity index (χ0v) is 18.7. The number of amides is 1. The number of rotatable bonds is 4. The third kappa shape index (κ3) is 4.24. The summed E-state index contributed by atoms with van der Waals surface area (Å²) in [6.45, 7) is 10.8. The number of hydrogen-bond donors (Lipinski definition) is 2. The van der Waals surface area contributed by atoms with Gasteiger partial charge in [-0.05, 0) is 77.1 Å². The highest BCUT2D eigenvalue weighted by atomic mass is 16.5. The molecule has 30 heavy (non-hydrogen) atoms. The van der Waals surface area contributed by atoms with Gasteiger partial charge >= 0.3 is 5.63 Å². The summed E-state index contributed by atoms with van der Waals surface area (Å²) in [4.78, 5) is 25.0. The second-order valence-electron chi connectivity index (χ2n) is 10.4. The van der Waals surface area contributed by atoms with Gasteiger partial charge in [0.25, 0.3) is 5.91 Å². The van der Waals surface area contributed by atoms with Crippen LogP contribution in [0, 0.1) is 6.92 Å². The summed E-state index contributed by atoms with van der Waals surface area (Å²) in [6, 6.07) is 3.92. The smallest absolute Gasteiger partial charge is 0.339 e. The van der Waals surface area contributed by atoms with Crippen LogP contribution in [-0.4, -0.2) is 29.6 Å². The molecule has 1 aromatic heterocycles. The van der Waals surface area contributed by atoms with Gasteiger partial charge in [0.2, 0.25) is 0 Å². The van der Waals surface area contributed by atoms with E-state index in [1.54, 1.807) is 0 Å². The normalized spacial score (nSPS) is 20.2. The second-order valence-corrected chi connectivity index (χ2v) is 10.4. The zero-order chi connectivity index (χ0) is 21.7. The summed E-state index contributed by atoms with van der Waals surface area (Å²) < 4.78 is 11.6. The third-order valence-corrected chi connectivity index (χ3v) is 6.23. The van der Waals surface area contributed by atoms with Crippen LogP contribution in [0.1, 0.15) is 63.6 Å². The monoisotopic (exact) mass is 413 g/mol. The molecule has 2 aliphatic rings. The Hall–Kier alpha value is -2.34. The maximum absolute atomic E-state index is 12.7. The summed E-state index contributed by atoms with van der Waals surface area (Å²) in [5.74, 6) is 0.511. The molecule has 4 rings (SSSR count). The molecule has 6 heteroatoms. The van der Waals surface area contributed by atoms with E-state index in [0.717, 1.165) is 54.2 Å². The standard InChI is InChI=1S/C24H32N2O4/c1-14-9-18(21-16-7-6-8-17(16)22(28)30-19(21)10-14)29-13-20(27)25-15-11-23(2,3)26-24(4,5)12-15/h9-10,15,26H,6-8,11-13H2,1-5H3,(H,25,27)/p+1. The fraction of sp³-hybridized carbons (Fsp3) is 0.583. The fourth-order valence-corrected chi connectivity index (χ4v) is 5.65. The van der Waals surface area contributed by atoms with Crippen LogP contribution in [0.3, 0.4) is 0 Å². The molecule has 6 nitrogen and oxygen atoms in total. The quantitative estimate of drug-likeness (QED) is 0.754. The molecule has 162 valence electrons. The Morgan fingerprint density at radius 3 is 2.53 bits per heavy atom. The number of fused-ring (bicyclic) bond motifs is 3. The Labute approximate surface area is 177 Å². The van der Waals surface area contributed by atoms with Crippen molar-refractivity contribution >= 4 is 16.9 Å². The largest absolute Gasteiger partial charge is 0.483 e. The number of nitrogens with one attached hydrogen (secondary N) is 1. The first kappa shape index (κ1) is 20.9. The van der Waals surface area contributed by atoms with E-state index in [2.05, 4.69) is 38.3 Å². The number of piperidine rings is 1. The average Bonchev–Trinajstić information content (AvgIpc) is 3.06. The van der Waals surface area contributed by atoms with Crippen molar-refractivity contribution < 1.29 is 19.3 Å². The Morgan fingerprint density at radius 1 is 1.17 bits per heavy atom. The maximum atomic E-state index is 12.7. The molecule has 1 saturated heterocycles. The van der Waals surface area contributed by atoms with Crippen LogP contribution in [0.25, 0.3) is 11.0 Å². The van der Waals surface area contributed by atoms with Crippen LogP contribution in [0.15, 0.2) is 21.3 Å². The fourth-order valence-electron chi connectivity index (χ4n) is 5.65. The summed E-state index contributed by atoms with van der Waals surface area (Å²) in [5.41, 5.74) is 3.18. The van der Waals surface area contributed by atoms with Gasteiger partial charge in [0.15, 0.2) is 6.61 Å².